The molecule has 8 rings (SSSR count). The molecule has 4 heterocycles. The maximum absolute atomic E-state index is 12.1. The first-order valence-corrected chi connectivity index (χ1v) is 15.5. The zero-order valence-corrected chi connectivity index (χ0v) is 24.4. The highest BCUT2D eigenvalue weighted by Gasteiger charge is 2.28. The van der Waals surface area contributed by atoms with Crippen molar-refractivity contribution in [2.24, 2.45) is 0 Å². The summed E-state index contributed by atoms with van der Waals surface area (Å²) >= 11 is 6.76. The Hall–Kier alpha value is -3.79. The van der Waals surface area contributed by atoms with E-state index >= 15 is 0 Å². The molecule has 2 N–H and O–H groups in total. The third kappa shape index (κ3) is 3.76. The molecule has 0 amide bonds. The van der Waals surface area contributed by atoms with Crippen LogP contribution in [0.15, 0.2) is 68.9 Å². The molecular weight excluding hydrogens is 608 g/mol. The monoisotopic (exact) mass is 628 g/mol. The lowest BCUT2D eigenvalue weighted by Crippen LogP contribution is -2.06. The lowest BCUT2D eigenvalue weighted by molar-refractivity contribution is 0.0600. The second-order valence-electron chi connectivity index (χ2n) is 9.70. The number of methoxy groups -OCH3 is 1. The number of H-pyrrole nitrogens is 2. The standard InChI is InChI=1S/C16H11NO3S.C15H10BrNOS/c1-20-16(19)9-4-2-3-8-11(9)7-12-13(8)17-15(18)10-5-6-21-14(10)12;16-7-8-2-1-3-9-11(8)6-12-13(9)17-15(18)10-4-5-19-14(10)12/h2-6H,7H2,1H3,(H,17,18);1-5H,6-7H2,(H,17,18). The van der Waals surface area contributed by atoms with Crippen LogP contribution in [-0.4, -0.2) is 23.0 Å². The number of hydrogen-bond donors (Lipinski definition) is 2. The maximum Gasteiger partial charge on any atom is 0.338 e. The molecule has 4 aromatic heterocycles. The fourth-order valence-corrected chi connectivity index (χ4v) is 8.26. The Kier molecular flexibility index (Phi) is 6.10. The smallest absolute Gasteiger partial charge is 0.338 e. The van der Waals surface area contributed by atoms with Gasteiger partial charge in [0.05, 0.1) is 34.8 Å². The van der Waals surface area contributed by atoms with E-state index in [0.29, 0.717) is 17.4 Å². The third-order valence-corrected chi connectivity index (χ3v) is 10.2. The van der Waals surface area contributed by atoms with Crippen LogP contribution in [0.1, 0.15) is 38.2 Å². The van der Waals surface area contributed by atoms with Gasteiger partial charge in [0.2, 0.25) is 0 Å². The highest BCUT2D eigenvalue weighted by atomic mass is 79.9. The number of thiophene rings is 2. The molecule has 0 atom stereocenters. The van der Waals surface area contributed by atoms with Gasteiger partial charge in [0, 0.05) is 38.7 Å². The van der Waals surface area contributed by atoms with Crippen LogP contribution in [0.4, 0.5) is 0 Å². The number of ether oxygens (including phenoxy) is 1. The van der Waals surface area contributed by atoms with E-state index in [-0.39, 0.29) is 17.1 Å². The van der Waals surface area contributed by atoms with Gasteiger partial charge in [-0.1, -0.05) is 46.3 Å². The van der Waals surface area contributed by atoms with Gasteiger partial charge >= 0.3 is 5.97 Å². The van der Waals surface area contributed by atoms with Crippen molar-refractivity contribution in [3.63, 3.8) is 0 Å². The summed E-state index contributed by atoms with van der Waals surface area (Å²) in [6.07, 6.45) is 1.56. The average Bonchev–Trinajstić information content (AvgIpc) is 3.77. The van der Waals surface area contributed by atoms with E-state index in [1.807, 2.05) is 35.0 Å². The molecule has 2 aromatic carbocycles. The quantitative estimate of drug-likeness (QED) is 0.159. The summed E-state index contributed by atoms with van der Waals surface area (Å²) in [6, 6.07) is 15.6. The summed E-state index contributed by atoms with van der Waals surface area (Å²) in [5, 5.41) is 6.30. The minimum Gasteiger partial charge on any atom is -0.465 e. The molecule has 2 aliphatic carbocycles. The van der Waals surface area contributed by atoms with Crippen molar-refractivity contribution in [1.29, 1.82) is 0 Å². The number of nitrogens with one attached hydrogen (secondary N) is 2. The fourth-order valence-electron chi connectivity index (χ4n) is 5.85. The first-order chi connectivity index (χ1) is 19.5. The molecule has 0 unspecified atom stereocenters. The van der Waals surface area contributed by atoms with Crippen molar-refractivity contribution < 1.29 is 9.53 Å². The Balaban J connectivity index is 0.000000133. The van der Waals surface area contributed by atoms with E-state index in [2.05, 4.69) is 44.1 Å². The van der Waals surface area contributed by atoms with Gasteiger partial charge in [-0.2, -0.15) is 0 Å². The van der Waals surface area contributed by atoms with Crippen LogP contribution in [0.2, 0.25) is 0 Å². The molecule has 6 nitrogen and oxygen atoms in total. The van der Waals surface area contributed by atoms with Gasteiger partial charge in [0.15, 0.2) is 0 Å². The normalized spacial score (nSPS) is 12.4. The fraction of sp³-hybridized carbons (Fsp3) is 0.129. The molecule has 0 radical (unpaired) electrons. The molecule has 0 aliphatic heterocycles. The summed E-state index contributed by atoms with van der Waals surface area (Å²) in [5.74, 6) is -0.343. The number of esters is 1. The molecule has 0 saturated carbocycles. The predicted octanol–water partition coefficient (Wildman–Crippen LogP) is 7.00. The summed E-state index contributed by atoms with van der Waals surface area (Å²) in [7, 11) is 1.38. The van der Waals surface area contributed by atoms with Crippen molar-refractivity contribution in [3.8, 4) is 22.5 Å². The Morgan fingerprint density at radius 3 is 1.93 bits per heavy atom. The van der Waals surface area contributed by atoms with Crippen LogP contribution in [0.5, 0.6) is 0 Å². The number of halogens is 1. The summed E-state index contributed by atoms with van der Waals surface area (Å²) < 4.78 is 6.98. The number of fused-ring (bicyclic) bond motifs is 10. The van der Waals surface area contributed by atoms with E-state index < -0.39 is 0 Å². The number of benzene rings is 2. The third-order valence-electron chi connectivity index (χ3n) is 7.69. The average molecular weight is 630 g/mol. The van der Waals surface area contributed by atoms with Gasteiger partial charge in [-0.25, -0.2) is 4.79 Å². The predicted molar refractivity (Wildman–Crippen MR) is 165 cm³/mol. The Labute approximate surface area is 244 Å². The Morgan fingerprint density at radius 1 is 0.800 bits per heavy atom. The molecule has 9 heteroatoms. The number of alkyl halides is 1. The van der Waals surface area contributed by atoms with Crippen molar-refractivity contribution >= 4 is 64.7 Å². The largest absolute Gasteiger partial charge is 0.465 e. The van der Waals surface area contributed by atoms with E-state index in [1.165, 1.54) is 29.4 Å². The second kappa shape index (κ2) is 9.69. The van der Waals surface area contributed by atoms with Crippen LogP contribution in [-0.2, 0) is 22.9 Å². The molecule has 198 valence electrons. The van der Waals surface area contributed by atoms with Gasteiger partial charge in [-0.3, -0.25) is 9.59 Å². The zero-order chi connectivity index (χ0) is 27.5. The van der Waals surface area contributed by atoms with Gasteiger partial charge in [-0.15, -0.1) is 22.7 Å². The van der Waals surface area contributed by atoms with Gasteiger partial charge in [0.25, 0.3) is 11.1 Å². The lowest BCUT2D eigenvalue weighted by atomic mass is 10.0. The molecule has 2 aliphatic rings. The summed E-state index contributed by atoms with van der Waals surface area (Å²) in [4.78, 5) is 42.2. The molecule has 0 fully saturated rings. The van der Waals surface area contributed by atoms with Crippen LogP contribution in [0.25, 0.3) is 42.7 Å². The van der Waals surface area contributed by atoms with Gasteiger partial charge < -0.3 is 14.7 Å². The number of carbonyl (C=O) groups excluding carboxylic acids is 1. The van der Waals surface area contributed by atoms with E-state index in [1.54, 1.807) is 28.7 Å². The van der Waals surface area contributed by atoms with E-state index in [0.717, 1.165) is 54.6 Å². The molecular formula is C31H21BrN2O4S2. The van der Waals surface area contributed by atoms with E-state index in [4.69, 9.17) is 4.74 Å². The topological polar surface area (TPSA) is 92.0 Å². The Bertz CT molecular complexity index is 2120. The molecule has 40 heavy (non-hydrogen) atoms. The Morgan fingerprint density at radius 2 is 1.35 bits per heavy atom. The number of pyridine rings is 2. The molecule has 0 bridgehead atoms. The molecule has 0 spiro atoms. The van der Waals surface area contributed by atoms with Crippen LogP contribution in [0, 0.1) is 0 Å². The highest BCUT2D eigenvalue weighted by molar-refractivity contribution is 9.08. The second-order valence-corrected chi connectivity index (χ2v) is 12.1. The number of hydrogen-bond acceptors (Lipinski definition) is 6. The van der Waals surface area contributed by atoms with Crippen molar-refractivity contribution in [1.82, 2.24) is 9.97 Å². The maximum atomic E-state index is 12.1. The number of carbonyl (C=O) groups is 1. The van der Waals surface area contributed by atoms with Crippen molar-refractivity contribution in [2.45, 2.75) is 18.2 Å². The van der Waals surface area contributed by atoms with Crippen LogP contribution in [0.3, 0.4) is 0 Å². The van der Waals surface area contributed by atoms with Gasteiger partial charge in [0.1, 0.15) is 0 Å². The lowest BCUT2D eigenvalue weighted by Gasteiger charge is -2.05. The number of rotatable bonds is 2. The van der Waals surface area contributed by atoms with Crippen molar-refractivity contribution in [2.75, 3.05) is 7.11 Å². The highest BCUT2D eigenvalue weighted by Crippen LogP contribution is 2.42. The van der Waals surface area contributed by atoms with Crippen LogP contribution >= 0.6 is 38.6 Å². The number of aromatic nitrogens is 2. The SMILES string of the molecule is COC(=O)c1cccc2c1Cc1c-2[nH]c(=O)c2ccsc12.O=c1[nH]c2c(c3sccc13)Cc1c(CBr)cccc1-2. The zero-order valence-electron chi connectivity index (χ0n) is 21.2. The molecule has 0 saturated heterocycles. The van der Waals surface area contributed by atoms with Crippen molar-refractivity contribution in [3.05, 3.63) is 113 Å². The van der Waals surface area contributed by atoms with Gasteiger partial charge in [-0.05, 0) is 56.8 Å². The van der Waals surface area contributed by atoms with E-state index in [9.17, 15) is 14.4 Å². The first-order valence-electron chi connectivity index (χ1n) is 12.6. The first kappa shape index (κ1) is 25.2. The molecule has 6 aromatic rings. The number of aromatic amines is 2. The van der Waals surface area contributed by atoms with Crippen LogP contribution < -0.4 is 11.1 Å². The summed E-state index contributed by atoms with van der Waals surface area (Å²) in [6.45, 7) is 0. The minimum atomic E-state index is -0.343. The summed E-state index contributed by atoms with van der Waals surface area (Å²) in [5.41, 5.74) is 10.4. The minimum absolute atomic E-state index is 0.0205.